The molecule has 5 nitrogen and oxygen atoms in total. The Kier molecular flexibility index (Phi) is 5.67. The number of methoxy groups -OCH3 is 2. The molecule has 1 saturated carbocycles. The highest BCUT2D eigenvalue weighted by Gasteiger charge is 2.26. The van der Waals surface area contributed by atoms with E-state index in [1.807, 2.05) is 12.3 Å². The van der Waals surface area contributed by atoms with E-state index in [2.05, 4.69) is 27.8 Å². The first-order valence-electron chi connectivity index (χ1n) is 10.2. The van der Waals surface area contributed by atoms with Crippen LogP contribution in [0.15, 0.2) is 30.6 Å². The number of ether oxygens (including phenoxy) is 2. The Hall–Kier alpha value is -2.01. The van der Waals surface area contributed by atoms with E-state index in [0.717, 1.165) is 43.6 Å². The SMILES string of the molecule is COc1cc(CN2CCC[C@H](c3nccn3CC3CCC3)C2)cc(OC)c1. The van der Waals surface area contributed by atoms with Gasteiger partial charge in [0.2, 0.25) is 0 Å². The zero-order valence-electron chi connectivity index (χ0n) is 16.6. The molecule has 1 aromatic heterocycles. The largest absolute Gasteiger partial charge is 0.497 e. The van der Waals surface area contributed by atoms with Crippen LogP contribution in [0.3, 0.4) is 0 Å². The normalized spacial score (nSPS) is 21.0. The number of benzene rings is 1. The standard InChI is InChI=1S/C22H31N3O2/c1-26-20-11-18(12-21(13-20)27-2)14-24-9-4-7-19(16-24)22-23-8-10-25(22)15-17-5-3-6-17/h8,10-13,17,19H,3-7,9,14-16H2,1-2H3/t19-/m0/s1. The predicted octanol–water partition coefficient (Wildman–Crippen LogP) is 4.08. The van der Waals surface area contributed by atoms with E-state index >= 15 is 0 Å². The first-order valence-corrected chi connectivity index (χ1v) is 10.2. The van der Waals surface area contributed by atoms with Crippen LogP contribution >= 0.6 is 0 Å². The lowest BCUT2D eigenvalue weighted by Crippen LogP contribution is -2.35. The number of likely N-dealkylation sites (tertiary alicyclic amines) is 1. The lowest BCUT2D eigenvalue weighted by atomic mass is 9.85. The second-order valence-corrected chi connectivity index (χ2v) is 8.03. The van der Waals surface area contributed by atoms with Crippen LogP contribution in [0.4, 0.5) is 0 Å². The van der Waals surface area contributed by atoms with Crippen molar-refractivity contribution in [2.45, 2.75) is 51.1 Å². The van der Waals surface area contributed by atoms with Crippen LogP contribution < -0.4 is 9.47 Å². The molecule has 4 rings (SSSR count). The lowest BCUT2D eigenvalue weighted by molar-refractivity contribution is 0.191. The average molecular weight is 370 g/mol. The summed E-state index contributed by atoms with van der Waals surface area (Å²) >= 11 is 0. The molecule has 1 aromatic carbocycles. The maximum absolute atomic E-state index is 5.42. The fourth-order valence-corrected chi connectivity index (χ4v) is 4.41. The van der Waals surface area contributed by atoms with E-state index in [-0.39, 0.29) is 0 Å². The van der Waals surface area contributed by atoms with Crippen molar-refractivity contribution in [2.24, 2.45) is 5.92 Å². The van der Waals surface area contributed by atoms with Crippen molar-refractivity contribution in [1.29, 1.82) is 0 Å². The van der Waals surface area contributed by atoms with Gasteiger partial charge in [0.25, 0.3) is 0 Å². The fourth-order valence-electron chi connectivity index (χ4n) is 4.41. The Bertz CT molecular complexity index is 732. The van der Waals surface area contributed by atoms with E-state index in [1.54, 1.807) is 14.2 Å². The van der Waals surface area contributed by atoms with E-state index in [9.17, 15) is 0 Å². The summed E-state index contributed by atoms with van der Waals surface area (Å²) in [6, 6.07) is 6.16. The lowest BCUT2D eigenvalue weighted by Gasteiger charge is -2.33. The summed E-state index contributed by atoms with van der Waals surface area (Å²) in [5.41, 5.74) is 1.24. The molecule has 146 valence electrons. The summed E-state index contributed by atoms with van der Waals surface area (Å²) in [6.45, 7) is 4.28. The van der Waals surface area contributed by atoms with Gasteiger partial charge in [-0.1, -0.05) is 6.42 Å². The maximum atomic E-state index is 5.42. The van der Waals surface area contributed by atoms with Gasteiger partial charge in [-0.2, -0.15) is 0 Å². The molecular weight excluding hydrogens is 338 g/mol. The minimum absolute atomic E-state index is 0.529. The summed E-state index contributed by atoms with van der Waals surface area (Å²) in [5, 5.41) is 0. The van der Waals surface area contributed by atoms with Gasteiger partial charge in [-0.25, -0.2) is 4.98 Å². The number of piperidine rings is 1. The molecule has 0 radical (unpaired) electrons. The van der Waals surface area contributed by atoms with Crippen molar-refractivity contribution < 1.29 is 9.47 Å². The topological polar surface area (TPSA) is 39.5 Å². The third kappa shape index (κ3) is 4.29. The monoisotopic (exact) mass is 369 g/mol. The van der Waals surface area contributed by atoms with Crippen molar-refractivity contribution in [1.82, 2.24) is 14.5 Å². The molecule has 1 atom stereocenters. The molecule has 1 aliphatic carbocycles. The second kappa shape index (κ2) is 8.34. The Morgan fingerprint density at radius 1 is 1.04 bits per heavy atom. The Morgan fingerprint density at radius 3 is 2.48 bits per heavy atom. The van der Waals surface area contributed by atoms with Crippen molar-refractivity contribution in [3.05, 3.63) is 42.0 Å². The molecule has 0 N–H and O–H groups in total. The van der Waals surface area contributed by atoms with Crippen LogP contribution in [0.2, 0.25) is 0 Å². The Morgan fingerprint density at radius 2 is 1.81 bits per heavy atom. The van der Waals surface area contributed by atoms with E-state index in [0.29, 0.717) is 5.92 Å². The van der Waals surface area contributed by atoms with Crippen molar-refractivity contribution in [3.63, 3.8) is 0 Å². The van der Waals surface area contributed by atoms with Gasteiger partial charge in [0.15, 0.2) is 0 Å². The molecule has 2 fully saturated rings. The maximum Gasteiger partial charge on any atom is 0.122 e. The number of hydrogen-bond donors (Lipinski definition) is 0. The van der Waals surface area contributed by atoms with Crippen LogP contribution in [-0.2, 0) is 13.1 Å². The van der Waals surface area contributed by atoms with E-state index in [1.165, 1.54) is 43.5 Å². The highest BCUT2D eigenvalue weighted by atomic mass is 16.5. The van der Waals surface area contributed by atoms with Gasteiger partial charge < -0.3 is 14.0 Å². The summed E-state index contributed by atoms with van der Waals surface area (Å²) in [6.07, 6.45) is 10.8. The fraction of sp³-hybridized carbons (Fsp3) is 0.591. The van der Waals surface area contributed by atoms with Crippen molar-refractivity contribution in [2.75, 3.05) is 27.3 Å². The molecule has 0 amide bonds. The highest BCUT2D eigenvalue weighted by molar-refractivity contribution is 5.38. The van der Waals surface area contributed by atoms with Crippen LogP contribution in [0.25, 0.3) is 0 Å². The molecule has 27 heavy (non-hydrogen) atoms. The molecule has 5 heteroatoms. The zero-order valence-corrected chi connectivity index (χ0v) is 16.6. The highest BCUT2D eigenvalue weighted by Crippen LogP contribution is 2.32. The molecule has 1 saturated heterocycles. The third-order valence-electron chi connectivity index (χ3n) is 6.12. The molecule has 1 aliphatic heterocycles. The van der Waals surface area contributed by atoms with Gasteiger partial charge in [-0.3, -0.25) is 4.90 Å². The summed E-state index contributed by atoms with van der Waals surface area (Å²) in [7, 11) is 3.41. The predicted molar refractivity (Wildman–Crippen MR) is 106 cm³/mol. The van der Waals surface area contributed by atoms with Gasteiger partial charge >= 0.3 is 0 Å². The molecule has 2 aliphatic rings. The van der Waals surface area contributed by atoms with Crippen molar-refractivity contribution in [3.8, 4) is 11.5 Å². The number of rotatable bonds is 7. The summed E-state index contributed by atoms with van der Waals surface area (Å²) in [4.78, 5) is 7.29. The van der Waals surface area contributed by atoms with Crippen LogP contribution in [0.5, 0.6) is 11.5 Å². The molecule has 0 bridgehead atoms. The van der Waals surface area contributed by atoms with Crippen molar-refractivity contribution >= 4 is 0 Å². The van der Waals surface area contributed by atoms with Crippen LogP contribution in [-0.4, -0.2) is 41.8 Å². The van der Waals surface area contributed by atoms with Gasteiger partial charge in [0.1, 0.15) is 17.3 Å². The third-order valence-corrected chi connectivity index (χ3v) is 6.12. The van der Waals surface area contributed by atoms with E-state index < -0.39 is 0 Å². The Balaban J connectivity index is 1.43. The van der Waals surface area contributed by atoms with Gasteiger partial charge in [0, 0.05) is 44.0 Å². The molecule has 0 unspecified atom stereocenters. The molecule has 2 aromatic rings. The number of imidazole rings is 1. The summed E-state index contributed by atoms with van der Waals surface area (Å²) < 4.78 is 13.3. The zero-order chi connectivity index (χ0) is 18.6. The molecule has 0 spiro atoms. The quantitative estimate of drug-likeness (QED) is 0.737. The number of hydrogen-bond acceptors (Lipinski definition) is 4. The number of aromatic nitrogens is 2. The smallest absolute Gasteiger partial charge is 0.122 e. The van der Waals surface area contributed by atoms with Crippen LogP contribution in [0, 0.1) is 5.92 Å². The summed E-state index contributed by atoms with van der Waals surface area (Å²) in [5.74, 6) is 4.39. The Labute approximate surface area is 162 Å². The minimum Gasteiger partial charge on any atom is -0.497 e. The first-order chi connectivity index (χ1) is 13.2. The van der Waals surface area contributed by atoms with Gasteiger partial charge in [-0.05, 0) is 55.8 Å². The minimum atomic E-state index is 0.529. The molecular formula is C22H31N3O2. The average Bonchev–Trinajstić information content (AvgIpc) is 3.13. The van der Waals surface area contributed by atoms with Crippen LogP contribution in [0.1, 0.15) is 49.4 Å². The van der Waals surface area contributed by atoms with E-state index in [4.69, 9.17) is 14.5 Å². The first kappa shape index (κ1) is 18.4. The second-order valence-electron chi connectivity index (χ2n) is 8.03. The van der Waals surface area contributed by atoms with Gasteiger partial charge in [0.05, 0.1) is 14.2 Å². The van der Waals surface area contributed by atoms with Gasteiger partial charge in [-0.15, -0.1) is 0 Å². The molecule has 2 heterocycles. The number of nitrogens with zero attached hydrogens (tertiary/aromatic N) is 3.